The molecule has 1 aromatic rings. The zero-order valence-electron chi connectivity index (χ0n) is 10.5. The monoisotopic (exact) mass is 261 g/mol. The van der Waals surface area contributed by atoms with Gasteiger partial charge in [0.05, 0.1) is 19.8 Å². The van der Waals surface area contributed by atoms with Gasteiger partial charge in [-0.25, -0.2) is 8.78 Å². The molecule has 1 rings (SSSR count). The maximum Gasteiger partial charge on any atom is 0.289 e. The van der Waals surface area contributed by atoms with Gasteiger partial charge in [0.1, 0.15) is 24.1 Å². The number of nitrogens with two attached hydrogens (primary N) is 1. The standard InChI is InChI=1S/C12H17F2NO3/c1-7-4-8(17-2)10(9(5-7)18-3)11(15)12(13,14)6-16/h4-5,11,16H,6,15H2,1-3H3/t11-/m0/s1. The van der Waals surface area contributed by atoms with Gasteiger partial charge >= 0.3 is 0 Å². The van der Waals surface area contributed by atoms with Crippen molar-refractivity contribution in [3.63, 3.8) is 0 Å². The molecule has 3 N–H and O–H groups in total. The molecule has 102 valence electrons. The number of alkyl halides is 2. The fraction of sp³-hybridized carbons (Fsp3) is 0.500. The van der Waals surface area contributed by atoms with Gasteiger partial charge in [0.15, 0.2) is 0 Å². The molecule has 1 aromatic carbocycles. The van der Waals surface area contributed by atoms with E-state index in [4.69, 9.17) is 20.3 Å². The summed E-state index contributed by atoms with van der Waals surface area (Å²) >= 11 is 0. The van der Waals surface area contributed by atoms with Crippen LogP contribution < -0.4 is 15.2 Å². The summed E-state index contributed by atoms with van der Waals surface area (Å²) in [5.41, 5.74) is 6.36. The summed E-state index contributed by atoms with van der Waals surface area (Å²) in [6, 6.07) is 1.48. The molecule has 0 aliphatic carbocycles. The van der Waals surface area contributed by atoms with Crippen molar-refractivity contribution in [2.75, 3.05) is 20.8 Å². The van der Waals surface area contributed by atoms with Crippen LogP contribution in [0.3, 0.4) is 0 Å². The number of methoxy groups -OCH3 is 2. The molecule has 4 nitrogen and oxygen atoms in total. The van der Waals surface area contributed by atoms with Crippen LogP contribution in [-0.4, -0.2) is 31.9 Å². The van der Waals surface area contributed by atoms with Crippen molar-refractivity contribution in [3.05, 3.63) is 23.3 Å². The molecule has 0 radical (unpaired) electrons. The molecular formula is C12H17F2NO3. The third-order valence-electron chi connectivity index (χ3n) is 2.67. The third-order valence-corrected chi connectivity index (χ3v) is 2.67. The third kappa shape index (κ3) is 2.70. The van der Waals surface area contributed by atoms with Crippen molar-refractivity contribution in [1.82, 2.24) is 0 Å². The van der Waals surface area contributed by atoms with E-state index >= 15 is 0 Å². The molecule has 0 aromatic heterocycles. The van der Waals surface area contributed by atoms with Crippen molar-refractivity contribution in [2.45, 2.75) is 18.9 Å². The fourth-order valence-corrected chi connectivity index (χ4v) is 1.69. The van der Waals surface area contributed by atoms with E-state index < -0.39 is 18.6 Å². The molecule has 0 aliphatic rings. The van der Waals surface area contributed by atoms with E-state index in [2.05, 4.69) is 0 Å². The van der Waals surface area contributed by atoms with E-state index in [0.29, 0.717) is 0 Å². The SMILES string of the molecule is COc1cc(C)cc(OC)c1[C@H](N)C(F)(F)CO. The van der Waals surface area contributed by atoms with Gasteiger partial charge in [-0.2, -0.15) is 0 Å². The van der Waals surface area contributed by atoms with Crippen molar-refractivity contribution in [2.24, 2.45) is 5.73 Å². The highest BCUT2D eigenvalue weighted by atomic mass is 19.3. The number of hydrogen-bond acceptors (Lipinski definition) is 4. The van der Waals surface area contributed by atoms with Gasteiger partial charge < -0.3 is 20.3 Å². The molecule has 0 saturated carbocycles. The van der Waals surface area contributed by atoms with E-state index in [0.717, 1.165) is 5.56 Å². The van der Waals surface area contributed by atoms with Gasteiger partial charge in [0.2, 0.25) is 0 Å². The van der Waals surface area contributed by atoms with Crippen LogP contribution in [0.2, 0.25) is 0 Å². The Morgan fingerprint density at radius 2 is 1.72 bits per heavy atom. The number of ether oxygens (including phenoxy) is 2. The summed E-state index contributed by atoms with van der Waals surface area (Å²) < 4.78 is 37.1. The van der Waals surface area contributed by atoms with Gasteiger partial charge in [0.25, 0.3) is 5.92 Å². The minimum Gasteiger partial charge on any atom is -0.496 e. The summed E-state index contributed by atoms with van der Waals surface area (Å²) in [7, 11) is 2.73. The van der Waals surface area contributed by atoms with Gasteiger partial charge in [-0.05, 0) is 24.6 Å². The van der Waals surface area contributed by atoms with Crippen LogP contribution in [0, 0.1) is 6.92 Å². The fourth-order valence-electron chi connectivity index (χ4n) is 1.69. The maximum absolute atomic E-state index is 13.5. The van der Waals surface area contributed by atoms with Crippen LogP contribution in [0.1, 0.15) is 17.2 Å². The lowest BCUT2D eigenvalue weighted by Gasteiger charge is -2.25. The second-order valence-electron chi connectivity index (χ2n) is 3.98. The Bertz CT molecular complexity index is 399. The number of benzene rings is 1. The first-order valence-electron chi connectivity index (χ1n) is 5.34. The molecule has 0 bridgehead atoms. The maximum atomic E-state index is 13.5. The normalized spacial score (nSPS) is 13.3. The molecule has 6 heteroatoms. The summed E-state index contributed by atoms with van der Waals surface area (Å²) in [4.78, 5) is 0. The molecule has 0 aliphatic heterocycles. The van der Waals surface area contributed by atoms with Crippen LogP contribution >= 0.6 is 0 Å². The van der Waals surface area contributed by atoms with E-state index in [9.17, 15) is 8.78 Å². The molecule has 0 heterocycles. The largest absolute Gasteiger partial charge is 0.496 e. The Kier molecular flexibility index (Phi) is 4.48. The second kappa shape index (κ2) is 5.49. The van der Waals surface area contributed by atoms with Crippen molar-refractivity contribution in [1.29, 1.82) is 0 Å². The lowest BCUT2D eigenvalue weighted by molar-refractivity contribution is -0.0719. The number of aryl methyl sites for hydroxylation is 1. The van der Waals surface area contributed by atoms with Crippen LogP contribution in [0.15, 0.2) is 12.1 Å². The van der Waals surface area contributed by atoms with Gasteiger partial charge in [0, 0.05) is 0 Å². The Hall–Kier alpha value is -1.40. The summed E-state index contributed by atoms with van der Waals surface area (Å²) in [6.45, 7) is 0.443. The minimum atomic E-state index is -3.45. The molecule has 1 atom stereocenters. The second-order valence-corrected chi connectivity index (χ2v) is 3.98. The van der Waals surface area contributed by atoms with Crippen molar-refractivity contribution in [3.8, 4) is 11.5 Å². The highest BCUT2D eigenvalue weighted by molar-refractivity contribution is 5.50. The highest BCUT2D eigenvalue weighted by Crippen LogP contribution is 2.40. The van der Waals surface area contributed by atoms with E-state index in [-0.39, 0.29) is 17.1 Å². The highest BCUT2D eigenvalue weighted by Gasteiger charge is 2.40. The quantitative estimate of drug-likeness (QED) is 0.845. The molecule has 18 heavy (non-hydrogen) atoms. The number of aliphatic hydroxyl groups is 1. The Morgan fingerprint density at radius 1 is 1.28 bits per heavy atom. The zero-order chi connectivity index (χ0) is 13.9. The van der Waals surface area contributed by atoms with Crippen LogP contribution in [0.5, 0.6) is 11.5 Å². The topological polar surface area (TPSA) is 64.7 Å². The van der Waals surface area contributed by atoms with Gasteiger partial charge in [-0.1, -0.05) is 0 Å². The number of aliphatic hydroxyl groups excluding tert-OH is 1. The van der Waals surface area contributed by atoms with E-state index in [1.54, 1.807) is 19.1 Å². The minimum absolute atomic E-state index is 0.0460. The first kappa shape index (κ1) is 14.7. The molecule has 0 unspecified atom stereocenters. The van der Waals surface area contributed by atoms with Crippen LogP contribution in [0.4, 0.5) is 8.78 Å². The van der Waals surface area contributed by atoms with Gasteiger partial charge in [-0.15, -0.1) is 0 Å². The zero-order valence-corrected chi connectivity index (χ0v) is 10.5. The summed E-state index contributed by atoms with van der Waals surface area (Å²) in [5, 5.41) is 8.70. The first-order chi connectivity index (χ1) is 8.37. The molecule has 0 fully saturated rings. The lowest BCUT2D eigenvalue weighted by Crippen LogP contribution is -2.36. The average Bonchev–Trinajstić information content (AvgIpc) is 2.36. The molecule has 0 amide bonds. The summed E-state index contributed by atoms with van der Waals surface area (Å²) in [5.74, 6) is -3.02. The van der Waals surface area contributed by atoms with Gasteiger partial charge in [-0.3, -0.25) is 0 Å². The van der Waals surface area contributed by atoms with Crippen LogP contribution in [-0.2, 0) is 0 Å². The number of halogens is 2. The molecular weight excluding hydrogens is 244 g/mol. The molecule has 0 saturated heterocycles. The Labute approximate surface area is 104 Å². The van der Waals surface area contributed by atoms with E-state index in [1.807, 2.05) is 0 Å². The number of rotatable bonds is 5. The molecule has 0 spiro atoms. The predicted molar refractivity (Wildman–Crippen MR) is 63.2 cm³/mol. The van der Waals surface area contributed by atoms with E-state index in [1.165, 1.54) is 14.2 Å². The smallest absolute Gasteiger partial charge is 0.289 e. The predicted octanol–water partition coefficient (Wildman–Crippen LogP) is 1.64. The van der Waals surface area contributed by atoms with Crippen molar-refractivity contribution >= 4 is 0 Å². The average molecular weight is 261 g/mol. The number of hydrogen-bond donors (Lipinski definition) is 2. The summed E-state index contributed by atoms with van der Waals surface area (Å²) in [6.07, 6.45) is 0. The Morgan fingerprint density at radius 3 is 2.06 bits per heavy atom. The Balaban J connectivity index is 3.37. The van der Waals surface area contributed by atoms with Crippen molar-refractivity contribution < 1.29 is 23.4 Å². The lowest BCUT2D eigenvalue weighted by atomic mass is 9.98. The first-order valence-corrected chi connectivity index (χ1v) is 5.34. The van der Waals surface area contributed by atoms with Crippen LogP contribution in [0.25, 0.3) is 0 Å².